The Labute approximate surface area is 128 Å². The van der Waals surface area contributed by atoms with E-state index in [0.29, 0.717) is 6.61 Å². The minimum atomic E-state index is 0.591. The molecule has 1 aliphatic heterocycles. The van der Waals surface area contributed by atoms with Gasteiger partial charge in [-0.05, 0) is 56.6 Å². The second-order valence-corrected chi connectivity index (χ2v) is 5.99. The summed E-state index contributed by atoms with van der Waals surface area (Å²) in [4.78, 5) is 2.41. The summed E-state index contributed by atoms with van der Waals surface area (Å²) in [5.41, 5.74) is 2.43. The Hall–Kier alpha value is -1.10. The summed E-state index contributed by atoms with van der Waals surface area (Å²) in [6, 6.07) is 6.38. The van der Waals surface area contributed by atoms with E-state index in [4.69, 9.17) is 9.47 Å². The van der Waals surface area contributed by atoms with Crippen LogP contribution in [0.5, 0.6) is 5.75 Å². The quantitative estimate of drug-likeness (QED) is 0.836. The van der Waals surface area contributed by atoms with Crippen molar-refractivity contribution in [3.05, 3.63) is 29.3 Å². The molecule has 0 unspecified atom stereocenters. The van der Waals surface area contributed by atoms with Crippen molar-refractivity contribution in [1.82, 2.24) is 10.2 Å². The average molecular weight is 292 g/mol. The molecule has 1 aromatic rings. The van der Waals surface area contributed by atoms with Gasteiger partial charge in [0.2, 0.25) is 0 Å². The van der Waals surface area contributed by atoms with Crippen molar-refractivity contribution in [3.63, 3.8) is 0 Å². The Balaban J connectivity index is 1.93. The summed E-state index contributed by atoms with van der Waals surface area (Å²) < 4.78 is 10.6. The van der Waals surface area contributed by atoms with E-state index in [1.807, 2.05) is 6.07 Å². The lowest BCUT2D eigenvalue weighted by molar-refractivity contribution is 0.181. The number of hydrogen-bond donors (Lipinski definition) is 1. The molecule has 2 rings (SSSR count). The fourth-order valence-corrected chi connectivity index (χ4v) is 3.10. The molecule has 1 aliphatic rings. The van der Waals surface area contributed by atoms with Crippen molar-refractivity contribution in [1.29, 1.82) is 0 Å². The van der Waals surface area contributed by atoms with Crippen molar-refractivity contribution < 1.29 is 9.47 Å². The first-order chi connectivity index (χ1) is 10.2. The molecule has 4 heteroatoms. The smallest absolute Gasteiger partial charge is 0.124 e. The molecule has 1 fully saturated rings. The van der Waals surface area contributed by atoms with Gasteiger partial charge in [0.1, 0.15) is 5.75 Å². The van der Waals surface area contributed by atoms with Crippen molar-refractivity contribution in [2.24, 2.45) is 5.92 Å². The first-order valence-electron chi connectivity index (χ1n) is 7.77. The molecule has 0 spiro atoms. The lowest BCUT2D eigenvalue weighted by Gasteiger charge is -2.27. The van der Waals surface area contributed by atoms with Gasteiger partial charge in [-0.15, -0.1) is 0 Å². The fourth-order valence-electron chi connectivity index (χ4n) is 3.10. The Morgan fingerprint density at radius 1 is 1.33 bits per heavy atom. The number of nitrogens with one attached hydrogen (secondary N) is 1. The zero-order chi connectivity index (χ0) is 15.1. The van der Waals surface area contributed by atoms with Crippen LogP contribution in [0.15, 0.2) is 18.2 Å². The van der Waals surface area contributed by atoms with Crippen LogP contribution >= 0.6 is 0 Å². The zero-order valence-electron chi connectivity index (χ0n) is 13.5. The van der Waals surface area contributed by atoms with Crippen LogP contribution in [0.1, 0.15) is 24.0 Å². The van der Waals surface area contributed by atoms with Crippen LogP contribution in [-0.2, 0) is 17.9 Å². The molecule has 0 radical (unpaired) electrons. The van der Waals surface area contributed by atoms with Crippen LogP contribution in [0.4, 0.5) is 0 Å². The van der Waals surface area contributed by atoms with Gasteiger partial charge in [0.25, 0.3) is 0 Å². The highest BCUT2D eigenvalue weighted by Crippen LogP contribution is 2.22. The number of rotatable bonds is 7. The molecule has 118 valence electrons. The highest BCUT2D eigenvalue weighted by atomic mass is 16.5. The number of ether oxygens (including phenoxy) is 2. The minimum absolute atomic E-state index is 0.591. The van der Waals surface area contributed by atoms with Gasteiger partial charge in [-0.25, -0.2) is 0 Å². The molecular formula is C17H28N2O2. The van der Waals surface area contributed by atoms with Gasteiger partial charge in [-0.3, -0.25) is 0 Å². The van der Waals surface area contributed by atoms with E-state index in [1.165, 1.54) is 24.9 Å². The highest BCUT2D eigenvalue weighted by molar-refractivity contribution is 5.36. The number of benzene rings is 1. The maximum Gasteiger partial charge on any atom is 0.124 e. The SMILES string of the molecule is COCc1cc(CN(C)C[C@H]2CCCNC2)ccc1OC. The van der Waals surface area contributed by atoms with Crippen LogP contribution in [0.25, 0.3) is 0 Å². The first-order valence-corrected chi connectivity index (χ1v) is 7.77. The highest BCUT2D eigenvalue weighted by Gasteiger charge is 2.15. The summed E-state index contributed by atoms with van der Waals surface area (Å²) in [7, 11) is 5.62. The van der Waals surface area contributed by atoms with Crippen molar-refractivity contribution in [2.45, 2.75) is 26.0 Å². The molecule has 1 atom stereocenters. The van der Waals surface area contributed by atoms with Gasteiger partial charge in [-0.1, -0.05) is 6.07 Å². The second kappa shape index (κ2) is 8.37. The van der Waals surface area contributed by atoms with Crippen LogP contribution in [0, 0.1) is 5.92 Å². The third-order valence-electron chi connectivity index (χ3n) is 4.07. The van der Waals surface area contributed by atoms with Crippen LogP contribution < -0.4 is 10.1 Å². The predicted molar refractivity (Wildman–Crippen MR) is 85.6 cm³/mol. The summed E-state index contributed by atoms with van der Waals surface area (Å²) >= 11 is 0. The number of piperidine rings is 1. The first kappa shape index (κ1) is 16.3. The van der Waals surface area contributed by atoms with E-state index >= 15 is 0 Å². The van der Waals surface area contributed by atoms with Crippen LogP contribution in [0.3, 0.4) is 0 Å². The third-order valence-corrected chi connectivity index (χ3v) is 4.07. The van der Waals surface area contributed by atoms with Gasteiger partial charge in [0.05, 0.1) is 13.7 Å². The van der Waals surface area contributed by atoms with E-state index in [9.17, 15) is 0 Å². The number of nitrogens with zero attached hydrogens (tertiary/aromatic N) is 1. The lowest BCUT2D eigenvalue weighted by atomic mass is 9.99. The third kappa shape index (κ3) is 4.99. The predicted octanol–water partition coefficient (Wildman–Crippen LogP) is 2.27. The topological polar surface area (TPSA) is 33.7 Å². The molecule has 4 nitrogen and oxygen atoms in total. The molecule has 1 saturated heterocycles. The summed E-state index contributed by atoms with van der Waals surface area (Å²) in [6.07, 6.45) is 2.65. The van der Waals surface area contributed by atoms with Gasteiger partial charge in [0, 0.05) is 25.8 Å². The Kier molecular flexibility index (Phi) is 6.49. The number of methoxy groups -OCH3 is 2. The van der Waals surface area contributed by atoms with E-state index in [0.717, 1.165) is 36.9 Å². The molecule has 1 heterocycles. The maximum atomic E-state index is 5.38. The molecule has 0 aromatic heterocycles. The molecule has 1 aromatic carbocycles. The van der Waals surface area contributed by atoms with Crippen LogP contribution in [0.2, 0.25) is 0 Å². The lowest BCUT2D eigenvalue weighted by Crippen LogP contribution is -2.36. The number of hydrogen-bond acceptors (Lipinski definition) is 4. The van der Waals surface area contributed by atoms with Gasteiger partial charge in [-0.2, -0.15) is 0 Å². The molecule has 0 bridgehead atoms. The minimum Gasteiger partial charge on any atom is -0.496 e. The Morgan fingerprint density at radius 3 is 2.86 bits per heavy atom. The van der Waals surface area contributed by atoms with Gasteiger partial charge in [0.15, 0.2) is 0 Å². The maximum absolute atomic E-state index is 5.38. The monoisotopic (exact) mass is 292 g/mol. The summed E-state index contributed by atoms with van der Waals surface area (Å²) in [5.74, 6) is 1.68. The standard InChI is InChI=1S/C17H28N2O2/c1-19(12-15-5-4-8-18-10-15)11-14-6-7-17(21-3)16(9-14)13-20-2/h6-7,9,15,18H,4-5,8,10-13H2,1-3H3/t15-/m0/s1. The molecule has 1 N–H and O–H groups in total. The van der Waals surface area contributed by atoms with Gasteiger partial charge >= 0.3 is 0 Å². The summed E-state index contributed by atoms with van der Waals surface area (Å²) in [6.45, 7) is 5.05. The van der Waals surface area contributed by atoms with Crippen molar-refractivity contribution >= 4 is 0 Å². The fraction of sp³-hybridized carbons (Fsp3) is 0.647. The van der Waals surface area contributed by atoms with E-state index < -0.39 is 0 Å². The van der Waals surface area contributed by atoms with Crippen molar-refractivity contribution in [2.75, 3.05) is 40.9 Å². The largest absolute Gasteiger partial charge is 0.496 e. The normalized spacial score (nSPS) is 19.0. The Bertz CT molecular complexity index is 431. The molecule has 0 amide bonds. The summed E-state index contributed by atoms with van der Waals surface area (Å²) in [5, 5.41) is 3.49. The van der Waals surface area contributed by atoms with E-state index in [2.05, 4.69) is 29.4 Å². The Morgan fingerprint density at radius 2 is 2.19 bits per heavy atom. The molecule has 0 saturated carbocycles. The average Bonchev–Trinajstić information content (AvgIpc) is 2.49. The van der Waals surface area contributed by atoms with Crippen LogP contribution in [-0.4, -0.2) is 45.8 Å². The van der Waals surface area contributed by atoms with E-state index in [-0.39, 0.29) is 0 Å². The molecular weight excluding hydrogens is 264 g/mol. The van der Waals surface area contributed by atoms with Crippen molar-refractivity contribution in [3.8, 4) is 5.75 Å². The zero-order valence-corrected chi connectivity index (χ0v) is 13.5. The molecule has 21 heavy (non-hydrogen) atoms. The van der Waals surface area contributed by atoms with Gasteiger partial charge < -0.3 is 19.7 Å². The van der Waals surface area contributed by atoms with E-state index in [1.54, 1.807) is 14.2 Å². The molecule has 0 aliphatic carbocycles. The second-order valence-electron chi connectivity index (χ2n) is 5.99.